The first-order chi connectivity index (χ1) is 6.91. The second-order valence-corrected chi connectivity index (χ2v) is 4.45. The SMILES string of the molecule is CCC(C)(C(=O)O)c1ccc([N+](=O)[O-])s1. The fourth-order valence-electron chi connectivity index (χ4n) is 1.15. The van der Waals surface area contributed by atoms with E-state index >= 15 is 0 Å². The number of hydrogen-bond donors (Lipinski definition) is 1. The molecule has 0 aliphatic heterocycles. The minimum absolute atomic E-state index is 0.0223. The van der Waals surface area contributed by atoms with E-state index in [1.54, 1.807) is 13.8 Å². The third-order valence-electron chi connectivity index (χ3n) is 2.49. The minimum Gasteiger partial charge on any atom is -0.481 e. The van der Waals surface area contributed by atoms with Gasteiger partial charge in [-0.05, 0) is 19.4 Å². The lowest BCUT2D eigenvalue weighted by atomic mass is 9.86. The van der Waals surface area contributed by atoms with E-state index in [1.807, 2.05) is 0 Å². The molecule has 1 unspecified atom stereocenters. The Balaban J connectivity index is 3.14. The molecular formula is C9H11NO4S. The molecule has 0 fully saturated rings. The number of nitro groups is 1. The molecule has 5 nitrogen and oxygen atoms in total. The van der Waals surface area contributed by atoms with E-state index in [-0.39, 0.29) is 5.00 Å². The number of rotatable bonds is 4. The van der Waals surface area contributed by atoms with Gasteiger partial charge in [-0.1, -0.05) is 18.3 Å². The first-order valence-electron chi connectivity index (χ1n) is 4.40. The third-order valence-corrected chi connectivity index (χ3v) is 3.80. The van der Waals surface area contributed by atoms with E-state index in [0.29, 0.717) is 11.3 Å². The number of carboxylic acids is 1. The molecular weight excluding hydrogens is 218 g/mol. The molecule has 1 rings (SSSR count). The summed E-state index contributed by atoms with van der Waals surface area (Å²) < 4.78 is 0. The number of aliphatic carboxylic acids is 1. The van der Waals surface area contributed by atoms with E-state index < -0.39 is 16.3 Å². The van der Waals surface area contributed by atoms with Crippen LogP contribution < -0.4 is 0 Å². The highest BCUT2D eigenvalue weighted by Gasteiger charge is 2.35. The summed E-state index contributed by atoms with van der Waals surface area (Å²) in [7, 11) is 0. The summed E-state index contributed by atoms with van der Waals surface area (Å²) in [4.78, 5) is 21.5. The van der Waals surface area contributed by atoms with Crippen molar-refractivity contribution in [2.75, 3.05) is 0 Å². The lowest BCUT2D eigenvalue weighted by Crippen LogP contribution is -2.30. The van der Waals surface area contributed by atoms with Crippen molar-refractivity contribution in [1.82, 2.24) is 0 Å². The Bertz CT molecular complexity index is 401. The van der Waals surface area contributed by atoms with Crippen molar-refractivity contribution in [3.8, 4) is 0 Å². The molecule has 15 heavy (non-hydrogen) atoms. The van der Waals surface area contributed by atoms with E-state index in [9.17, 15) is 14.9 Å². The van der Waals surface area contributed by atoms with Crippen LogP contribution in [0.3, 0.4) is 0 Å². The van der Waals surface area contributed by atoms with Crippen molar-refractivity contribution in [1.29, 1.82) is 0 Å². The lowest BCUT2D eigenvalue weighted by molar-refractivity contribution is -0.380. The molecule has 1 heterocycles. The Morgan fingerprint density at radius 1 is 1.67 bits per heavy atom. The van der Waals surface area contributed by atoms with Crippen LogP contribution >= 0.6 is 11.3 Å². The average molecular weight is 229 g/mol. The summed E-state index contributed by atoms with van der Waals surface area (Å²) in [5.41, 5.74) is -1.03. The smallest absolute Gasteiger partial charge is 0.324 e. The van der Waals surface area contributed by atoms with Gasteiger partial charge in [-0.3, -0.25) is 14.9 Å². The van der Waals surface area contributed by atoms with Crippen LogP contribution in [0.2, 0.25) is 0 Å². The Labute approximate surface area is 90.5 Å². The average Bonchev–Trinajstić information content (AvgIpc) is 2.65. The van der Waals surface area contributed by atoms with Crippen molar-refractivity contribution < 1.29 is 14.8 Å². The van der Waals surface area contributed by atoms with E-state index in [4.69, 9.17) is 5.11 Å². The normalized spacial score (nSPS) is 14.5. The first kappa shape index (κ1) is 11.6. The molecule has 0 bridgehead atoms. The summed E-state index contributed by atoms with van der Waals surface area (Å²) in [6, 6.07) is 2.86. The van der Waals surface area contributed by atoms with Crippen LogP contribution in [0, 0.1) is 10.1 Å². The summed E-state index contributed by atoms with van der Waals surface area (Å²) in [5.74, 6) is -0.957. The molecule has 1 atom stereocenters. The van der Waals surface area contributed by atoms with Gasteiger partial charge in [0.1, 0.15) is 0 Å². The highest BCUT2D eigenvalue weighted by atomic mass is 32.1. The quantitative estimate of drug-likeness (QED) is 0.635. The Hall–Kier alpha value is -1.43. The fraction of sp³-hybridized carbons (Fsp3) is 0.444. The monoisotopic (exact) mass is 229 g/mol. The molecule has 0 aliphatic carbocycles. The number of nitrogens with zero attached hydrogens (tertiary/aromatic N) is 1. The maximum atomic E-state index is 11.1. The molecule has 82 valence electrons. The largest absolute Gasteiger partial charge is 0.481 e. The first-order valence-corrected chi connectivity index (χ1v) is 5.21. The molecule has 0 aromatic carbocycles. The van der Waals surface area contributed by atoms with E-state index in [2.05, 4.69) is 0 Å². The van der Waals surface area contributed by atoms with Crippen molar-refractivity contribution in [3.05, 3.63) is 27.1 Å². The van der Waals surface area contributed by atoms with E-state index in [0.717, 1.165) is 11.3 Å². The van der Waals surface area contributed by atoms with Gasteiger partial charge in [0.05, 0.1) is 10.3 Å². The van der Waals surface area contributed by atoms with Gasteiger partial charge in [0, 0.05) is 10.9 Å². The second-order valence-electron chi connectivity index (χ2n) is 3.39. The molecule has 1 aromatic heterocycles. The summed E-state index contributed by atoms with van der Waals surface area (Å²) in [6.45, 7) is 3.32. The summed E-state index contributed by atoms with van der Waals surface area (Å²) in [6.07, 6.45) is 0.403. The molecule has 0 saturated heterocycles. The van der Waals surface area contributed by atoms with Crippen molar-refractivity contribution in [2.24, 2.45) is 0 Å². The van der Waals surface area contributed by atoms with Gasteiger partial charge in [-0.15, -0.1) is 0 Å². The zero-order chi connectivity index (χ0) is 11.6. The molecule has 6 heteroatoms. The van der Waals surface area contributed by atoms with Crippen LogP contribution in [0.15, 0.2) is 12.1 Å². The third kappa shape index (κ3) is 1.99. The zero-order valence-corrected chi connectivity index (χ0v) is 9.21. The predicted molar refractivity (Wildman–Crippen MR) is 56.3 cm³/mol. The Kier molecular flexibility index (Phi) is 3.09. The second kappa shape index (κ2) is 3.98. The fourth-order valence-corrected chi connectivity index (χ4v) is 2.18. The highest BCUT2D eigenvalue weighted by Crippen LogP contribution is 2.36. The maximum Gasteiger partial charge on any atom is 0.324 e. The lowest BCUT2D eigenvalue weighted by Gasteiger charge is -2.20. The van der Waals surface area contributed by atoms with Crippen LogP contribution in [0.25, 0.3) is 0 Å². The van der Waals surface area contributed by atoms with Crippen molar-refractivity contribution in [2.45, 2.75) is 25.7 Å². The van der Waals surface area contributed by atoms with Gasteiger partial charge in [0.15, 0.2) is 0 Å². The summed E-state index contributed by atoms with van der Waals surface area (Å²) >= 11 is 0.921. The number of thiophene rings is 1. The van der Waals surface area contributed by atoms with Crippen molar-refractivity contribution >= 4 is 22.3 Å². The number of carboxylic acid groups (broad SMARTS) is 1. The van der Waals surface area contributed by atoms with Gasteiger partial charge < -0.3 is 5.11 Å². The molecule has 0 spiro atoms. The molecule has 0 saturated carbocycles. The molecule has 1 aromatic rings. The van der Waals surface area contributed by atoms with Gasteiger partial charge in [-0.2, -0.15) is 0 Å². The minimum atomic E-state index is -1.03. The standard InChI is InChI=1S/C9H11NO4S/c1-3-9(2,8(11)12)6-4-5-7(15-6)10(13)14/h4-5H,3H2,1-2H3,(H,11,12). The van der Waals surface area contributed by atoms with Crippen LogP contribution in [0.4, 0.5) is 5.00 Å². The number of hydrogen-bond acceptors (Lipinski definition) is 4. The Morgan fingerprint density at radius 3 is 2.60 bits per heavy atom. The highest BCUT2D eigenvalue weighted by molar-refractivity contribution is 7.15. The molecule has 0 radical (unpaired) electrons. The number of carbonyl (C=O) groups is 1. The topological polar surface area (TPSA) is 80.4 Å². The summed E-state index contributed by atoms with van der Waals surface area (Å²) in [5, 5.41) is 19.5. The van der Waals surface area contributed by atoms with Crippen LogP contribution in [0.5, 0.6) is 0 Å². The maximum absolute atomic E-state index is 11.1. The molecule has 1 N–H and O–H groups in total. The van der Waals surface area contributed by atoms with Crippen LogP contribution in [0.1, 0.15) is 25.1 Å². The van der Waals surface area contributed by atoms with Gasteiger partial charge in [0.25, 0.3) is 0 Å². The Morgan fingerprint density at radius 2 is 2.27 bits per heavy atom. The van der Waals surface area contributed by atoms with Gasteiger partial charge >= 0.3 is 11.0 Å². The molecule has 0 aliphatic rings. The van der Waals surface area contributed by atoms with Crippen molar-refractivity contribution in [3.63, 3.8) is 0 Å². The van der Waals surface area contributed by atoms with E-state index in [1.165, 1.54) is 12.1 Å². The zero-order valence-electron chi connectivity index (χ0n) is 8.39. The molecule has 0 amide bonds. The van der Waals surface area contributed by atoms with Crippen LogP contribution in [-0.4, -0.2) is 16.0 Å². The predicted octanol–water partition coefficient (Wildman–Crippen LogP) is 2.41. The van der Waals surface area contributed by atoms with Gasteiger partial charge in [0.2, 0.25) is 0 Å². The van der Waals surface area contributed by atoms with Gasteiger partial charge in [-0.25, -0.2) is 0 Å². The van der Waals surface area contributed by atoms with Crippen LogP contribution in [-0.2, 0) is 10.2 Å².